The third-order valence-corrected chi connectivity index (χ3v) is 5.45. The van der Waals surface area contributed by atoms with Crippen LogP contribution in [0.5, 0.6) is 0 Å². The van der Waals surface area contributed by atoms with Gasteiger partial charge in [0.15, 0.2) is 0 Å². The first-order valence-corrected chi connectivity index (χ1v) is 11.0. The number of hydrogen-bond donors (Lipinski definition) is 1. The molecule has 0 aliphatic carbocycles. The van der Waals surface area contributed by atoms with Crippen molar-refractivity contribution in [2.24, 2.45) is 11.8 Å². The Morgan fingerprint density at radius 2 is 2.16 bits per heavy atom. The Labute approximate surface area is 184 Å². The Morgan fingerprint density at radius 1 is 1.42 bits per heavy atom. The molecule has 2 rings (SSSR count). The second kappa shape index (κ2) is 12.0. The molecular weight excluding hydrogens is 402 g/mol. The van der Waals surface area contributed by atoms with Gasteiger partial charge in [-0.3, -0.25) is 4.79 Å². The summed E-state index contributed by atoms with van der Waals surface area (Å²) in [4.78, 5) is 28.4. The van der Waals surface area contributed by atoms with Crippen molar-refractivity contribution in [1.82, 2.24) is 24.8 Å². The third-order valence-electron chi connectivity index (χ3n) is 5.45. The minimum atomic E-state index is -0.404. The Morgan fingerprint density at radius 3 is 2.84 bits per heavy atom. The average Bonchev–Trinajstić information content (AvgIpc) is 3.18. The number of rotatable bonds is 6. The van der Waals surface area contributed by atoms with Crippen LogP contribution in [-0.4, -0.2) is 87.4 Å². The van der Waals surface area contributed by atoms with Crippen molar-refractivity contribution in [3.63, 3.8) is 0 Å². The molecule has 0 saturated heterocycles. The molecule has 2 heterocycles. The van der Waals surface area contributed by atoms with Crippen molar-refractivity contribution >= 4 is 12.0 Å². The summed E-state index contributed by atoms with van der Waals surface area (Å²) in [7, 11) is 1.68. The van der Waals surface area contributed by atoms with Crippen molar-refractivity contribution in [1.29, 1.82) is 0 Å². The Kier molecular flexibility index (Phi) is 9.70. The molecule has 3 atom stereocenters. The van der Waals surface area contributed by atoms with Crippen LogP contribution in [0, 0.1) is 11.8 Å². The Balaban J connectivity index is 2.19. The Hall–Kier alpha value is -2.20. The lowest BCUT2D eigenvalue weighted by molar-refractivity contribution is -0.136. The molecule has 0 bridgehead atoms. The van der Waals surface area contributed by atoms with Gasteiger partial charge in [0.05, 0.1) is 50.4 Å². The molecule has 1 aliphatic rings. The molecule has 0 saturated carbocycles. The minimum Gasteiger partial charge on any atom is -0.449 e. The number of likely N-dealkylation sites (N-methyl/N-ethyl adjacent to an activating group) is 1. The zero-order valence-electron chi connectivity index (χ0n) is 19.4. The number of carbonyl (C=O) groups is 2. The number of nitrogens with zero attached hydrogens (tertiary/aromatic N) is 5. The van der Waals surface area contributed by atoms with Crippen molar-refractivity contribution in [2.45, 2.75) is 65.8 Å². The van der Waals surface area contributed by atoms with E-state index in [4.69, 9.17) is 9.47 Å². The first kappa shape index (κ1) is 25.1. The largest absolute Gasteiger partial charge is 0.449 e. The minimum absolute atomic E-state index is 0.0147. The summed E-state index contributed by atoms with van der Waals surface area (Å²) >= 11 is 0. The van der Waals surface area contributed by atoms with E-state index in [-0.39, 0.29) is 36.5 Å². The van der Waals surface area contributed by atoms with E-state index in [0.717, 1.165) is 5.69 Å². The van der Waals surface area contributed by atoms with Crippen LogP contribution in [0.2, 0.25) is 0 Å². The van der Waals surface area contributed by atoms with Crippen LogP contribution in [0.1, 0.15) is 46.2 Å². The van der Waals surface area contributed by atoms with Gasteiger partial charge < -0.3 is 24.4 Å². The van der Waals surface area contributed by atoms with E-state index in [1.54, 1.807) is 22.8 Å². The molecule has 1 aliphatic heterocycles. The van der Waals surface area contributed by atoms with E-state index in [0.29, 0.717) is 45.7 Å². The average molecular weight is 440 g/mol. The number of amides is 2. The molecule has 10 nitrogen and oxygen atoms in total. The fourth-order valence-corrected chi connectivity index (χ4v) is 3.44. The molecule has 0 spiro atoms. The van der Waals surface area contributed by atoms with Crippen molar-refractivity contribution in [3.8, 4) is 0 Å². The van der Waals surface area contributed by atoms with Gasteiger partial charge in [0, 0.05) is 32.5 Å². The fourth-order valence-electron chi connectivity index (χ4n) is 3.44. The van der Waals surface area contributed by atoms with Gasteiger partial charge in [-0.1, -0.05) is 26.0 Å². The number of aliphatic hydroxyl groups is 1. The van der Waals surface area contributed by atoms with Gasteiger partial charge in [-0.2, -0.15) is 0 Å². The maximum absolute atomic E-state index is 12.9. The quantitative estimate of drug-likeness (QED) is 0.716. The predicted molar refractivity (Wildman–Crippen MR) is 114 cm³/mol. The smallest absolute Gasteiger partial charge is 0.409 e. The monoisotopic (exact) mass is 439 g/mol. The molecule has 1 N–H and O–H groups in total. The first-order valence-electron chi connectivity index (χ1n) is 11.0. The molecule has 0 unspecified atom stereocenters. The number of hydrogen-bond acceptors (Lipinski definition) is 7. The van der Waals surface area contributed by atoms with Crippen LogP contribution in [0.3, 0.4) is 0 Å². The molecule has 0 aromatic carbocycles. The lowest BCUT2D eigenvalue weighted by Crippen LogP contribution is -2.48. The molecule has 0 fully saturated rings. The van der Waals surface area contributed by atoms with E-state index in [2.05, 4.69) is 10.3 Å². The van der Waals surface area contributed by atoms with Crippen LogP contribution in [0.25, 0.3) is 0 Å². The predicted octanol–water partition coefficient (Wildman–Crippen LogP) is 1.53. The van der Waals surface area contributed by atoms with Gasteiger partial charge in [0.25, 0.3) is 0 Å². The van der Waals surface area contributed by atoms with Crippen molar-refractivity contribution in [3.05, 3.63) is 11.9 Å². The van der Waals surface area contributed by atoms with Gasteiger partial charge in [-0.25, -0.2) is 9.48 Å². The zero-order chi connectivity index (χ0) is 23.0. The van der Waals surface area contributed by atoms with Gasteiger partial charge >= 0.3 is 6.09 Å². The van der Waals surface area contributed by atoms with Gasteiger partial charge in [-0.15, -0.1) is 5.10 Å². The highest BCUT2D eigenvalue weighted by molar-refractivity contribution is 5.76. The summed E-state index contributed by atoms with van der Waals surface area (Å²) in [6.45, 7) is 9.64. The highest BCUT2D eigenvalue weighted by Gasteiger charge is 2.29. The van der Waals surface area contributed by atoms with E-state index in [9.17, 15) is 14.7 Å². The molecule has 0 radical (unpaired) electrons. The highest BCUT2D eigenvalue weighted by Crippen LogP contribution is 2.18. The van der Waals surface area contributed by atoms with Gasteiger partial charge in [0.2, 0.25) is 5.91 Å². The second-order valence-electron chi connectivity index (χ2n) is 8.81. The highest BCUT2D eigenvalue weighted by atomic mass is 16.6. The van der Waals surface area contributed by atoms with Crippen LogP contribution < -0.4 is 0 Å². The standard InChI is InChI=1S/C21H37N5O5/c1-15(2)13-31-21(29)24(5)11-19-16(3)10-25(17(4)12-27)20(28)7-6-8-26-18(14-30-19)9-22-23-26/h9,15-17,19,27H,6-8,10-14H2,1-5H3/t16-,17-,19-/m0/s1. The van der Waals surface area contributed by atoms with E-state index in [1.165, 1.54) is 4.90 Å². The van der Waals surface area contributed by atoms with Crippen LogP contribution >= 0.6 is 0 Å². The van der Waals surface area contributed by atoms with Crippen LogP contribution in [0.4, 0.5) is 4.79 Å². The number of fused-ring (bicyclic) bond motifs is 1. The molecule has 10 heteroatoms. The maximum Gasteiger partial charge on any atom is 0.409 e. The van der Waals surface area contributed by atoms with Crippen LogP contribution in [0.15, 0.2) is 6.20 Å². The first-order chi connectivity index (χ1) is 14.7. The summed E-state index contributed by atoms with van der Waals surface area (Å²) in [6, 6.07) is -0.297. The summed E-state index contributed by atoms with van der Waals surface area (Å²) < 4.78 is 13.3. The lowest BCUT2D eigenvalue weighted by Gasteiger charge is -2.35. The summed E-state index contributed by atoms with van der Waals surface area (Å²) in [6.07, 6.45) is 1.91. The Bertz CT molecular complexity index is 710. The van der Waals surface area contributed by atoms with E-state index in [1.807, 2.05) is 27.7 Å². The summed E-state index contributed by atoms with van der Waals surface area (Å²) in [5.74, 6) is 0.155. The molecule has 31 heavy (non-hydrogen) atoms. The van der Waals surface area contributed by atoms with Gasteiger partial charge in [0.1, 0.15) is 0 Å². The second-order valence-corrected chi connectivity index (χ2v) is 8.81. The lowest BCUT2D eigenvalue weighted by atomic mass is 10.0. The molecule has 1 aromatic heterocycles. The summed E-state index contributed by atoms with van der Waals surface area (Å²) in [5, 5.41) is 17.7. The molecular formula is C21H37N5O5. The third kappa shape index (κ3) is 7.46. The number of aliphatic hydroxyl groups excluding tert-OH is 1. The number of ether oxygens (including phenoxy) is 2. The topological polar surface area (TPSA) is 110 Å². The van der Waals surface area contributed by atoms with Crippen molar-refractivity contribution in [2.75, 3.05) is 33.4 Å². The maximum atomic E-state index is 12.9. The van der Waals surface area contributed by atoms with Gasteiger partial charge in [-0.05, 0) is 19.3 Å². The van der Waals surface area contributed by atoms with E-state index >= 15 is 0 Å². The normalized spacial score (nSPS) is 21.8. The number of aryl methyl sites for hydroxylation is 1. The molecule has 2 amide bonds. The molecule has 176 valence electrons. The van der Waals surface area contributed by atoms with Crippen LogP contribution in [-0.2, 0) is 27.4 Å². The number of aromatic nitrogens is 3. The zero-order valence-corrected chi connectivity index (χ0v) is 19.4. The fraction of sp³-hybridized carbons (Fsp3) is 0.810. The van der Waals surface area contributed by atoms with Crippen molar-refractivity contribution < 1.29 is 24.2 Å². The summed E-state index contributed by atoms with van der Waals surface area (Å²) in [5.41, 5.74) is 0.829. The number of carbonyl (C=O) groups excluding carboxylic acids is 2. The van der Waals surface area contributed by atoms with E-state index < -0.39 is 6.09 Å². The molecule has 1 aromatic rings. The SMILES string of the molecule is CC(C)COC(=O)N(C)C[C@@H]1OCc2cnnn2CCCC(=O)N([C@@H](C)CO)C[C@@H]1C.